The highest BCUT2D eigenvalue weighted by atomic mass is 35.5. The molecule has 0 aliphatic heterocycles. The van der Waals surface area contributed by atoms with Crippen LogP contribution in [0.1, 0.15) is 24.2 Å². The third-order valence-electron chi connectivity index (χ3n) is 2.60. The number of amides is 1. The van der Waals surface area contributed by atoms with Crippen LogP contribution in [0.5, 0.6) is 0 Å². The maximum atomic E-state index is 12.3. The standard InChI is InChI=1S/C13H19ClN2O2/c1-3-16(7-8-18-4-2)13(17)11-9-10(15)5-6-12(11)14/h5-6,9H,3-4,7-8,15H2,1-2H3. The number of ether oxygens (including phenoxy) is 1. The Balaban J connectivity index is 2.79. The van der Waals surface area contributed by atoms with Crippen LogP contribution in [0, 0.1) is 0 Å². The Bertz CT molecular complexity index is 410. The Morgan fingerprint density at radius 1 is 1.44 bits per heavy atom. The maximum absolute atomic E-state index is 12.3. The third kappa shape index (κ3) is 3.89. The molecule has 0 heterocycles. The molecular weight excluding hydrogens is 252 g/mol. The summed E-state index contributed by atoms with van der Waals surface area (Å²) in [5.74, 6) is -0.116. The van der Waals surface area contributed by atoms with Crippen molar-refractivity contribution in [3.05, 3.63) is 28.8 Å². The van der Waals surface area contributed by atoms with Gasteiger partial charge in [0.25, 0.3) is 5.91 Å². The van der Waals surface area contributed by atoms with Gasteiger partial charge in [-0.2, -0.15) is 0 Å². The van der Waals surface area contributed by atoms with Crippen molar-refractivity contribution in [1.29, 1.82) is 0 Å². The molecule has 18 heavy (non-hydrogen) atoms. The molecule has 0 aromatic heterocycles. The topological polar surface area (TPSA) is 55.6 Å². The first-order valence-electron chi connectivity index (χ1n) is 6.02. The average molecular weight is 271 g/mol. The summed E-state index contributed by atoms with van der Waals surface area (Å²) in [4.78, 5) is 14.0. The second-order valence-electron chi connectivity index (χ2n) is 3.82. The monoisotopic (exact) mass is 270 g/mol. The van der Waals surface area contributed by atoms with Gasteiger partial charge in [-0.25, -0.2) is 0 Å². The number of carbonyl (C=O) groups excluding carboxylic acids is 1. The van der Waals surface area contributed by atoms with Crippen LogP contribution in [0.3, 0.4) is 0 Å². The van der Waals surface area contributed by atoms with Gasteiger partial charge in [0.2, 0.25) is 0 Å². The first-order chi connectivity index (χ1) is 8.60. The molecule has 0 bridgehead atoms. The van der Waals surface area contributed by atoms with E-state index in [1.165, 1.54) is 0 Å². The van der Waals surface area contributed by atoms with E-state index in [2.05, 4.69) is 0 Å². The normalized spacial score (nSPS) is 10.4. The second-order valence-corrected chi connectivity index (χ2v) is 4.23. The molecule has 0 saturated heterocycles. The van der Waals surface area contributed by atoms with Crippen LogP contribution in [0.15, 0.2) is 18.2 Å². The molecule has 5 heteroatoms. The van der Waals surface area contributed by atoms with Crippen molar-refractivity contribution >= 4 is 23.2 Å². The highest BCUT2D eigenvalue weighted by Gasteiger charge is 2.17. The molecule has 0 fully saturated rings. The number of halogens is 1. The highest BCUT2D eigenvalue weighted by molar-refractivity contribution is 6.34. The molecule has 0 atom stereocenters. The Hall–Kier alpha value is -1.26. The number of benzene rings is 1. The van der Waals surface area contributed by atoms with E-state index in [4.69, 9.17) is 22.1 Å². The predicted octanol–water partition coefficient (Wildman–Crippen LogP) is 2.42. The van der Waals surface area contributed by atoms with Crippen molar-refractivity contribution in [1.82, 2.24) is 4.90 Å². The summed E-state index contributed by atoms with van der Waals surface area (Å²) in [6, 6.07) is 4.92. The molecule has 1 aromatic rings. The molecule has 4 nitrogen and oxygen atoms in total. The van der Waals surface area contributed by atoms with E-state index in [1.807, 2.05) is 13.8 Å². The number of likely N-dealkylation sites (N-methyl/N-ethyl adjacent to an activating group) is 1. The summed E-state index contributed by atoms with van der Waals surface area (Å²) in [5.41, 5.74) is 6.65. The van der Waals surface area contributed by atoms with Crippen molar-refractivity contribution in [2.75, 3.05) is 32.0 Å². The van der Waals surface area contributed by atoms with Crippen LogP contribution in [-0.2, 0) is 4.74 Å². The van der Waals surface area contributed by atoms with Crippen LogP contribution in [-0.4, -0.2) is 37.1 Å². The van der Waals surface area contributed by atoms with Gasteiger partial charge >= 0.3 is 0 Å². The van der Waals surface area contributed by atoms with Crippen LogP contribution in [0.25, 0.3) is 0 Å². The Kier molecular flexibility index (Phi) is 5.95. The molecule has 0 spiro atoms. The van der Waals surface area contributed by atoms with Crippen molar-refractivity contribution < 1.29 is 9.53 Å². The fourth-order valence-corrected chi connectivity index (χ4v) is 1.80. The summed E-state index contributed by atoms with van der Waals surface area (Å²) >= 11 is 6.02. The van der Waals surface area contributed by atoms with Gasteiger partial charge in [-0.3, -0.25) is 4.79 Å². The number of nitrogens with zero attached hydrogens (tertiary/aromatic N) is 1. The number of anilines is 1. The minimum Gasteiger partial charge on any atom is -0.399 e. The molecule has 1 amide bonds. The summed E-state index contributed by atoms with van der Waals surface area (Å²) < 4.78 is 5.25. The van der Waals surface area contributed by atoms with E-state index >= 15 is 0 Å². The first-order valence-corrected chi connectivity index (χ1v) is 6.40. The predicted molar refractivity (Wildman–Crippen MR) is 73.9 cm³/mol. The lowest BCUT2D eigenvalue weighted by Crippen LogP contribution is -2.34. The van der Waals surface area contributed by atoms with Crippen LogP contribution >= 0.6 is 11.6 Å². The molecule has 1 aromatic carbocycles. The highest BCUT2D eigenvalue weighted by Crippen LogP contribution is 2.20. The van der Waals surface area contributed by atoms with Gasteiger partial charge in [-0.1, -0.05) is 11.6 Å². The molecule has 0 aliphatic carbocycles. The lowest BCUT2D eigenvalue weighted by atomic mass is 10.1. The summed E-state index contributed by atoms with van der Waals surface area (Å²) in [6.07, 6.45) is 0. The zero-order valence-corrected chi connectivity index (χ0v) is 11.5. The van der Waals surface area contributed by atoms with Gasteiger partial charge in [0, 0.05) is 25.4 Å². The average Bonchev–Trinajstić information content (AvgIpc) is 2.37. The van der Waals surface area contributed by atoms with Crippen molar-refractivity contribution in [3.8, 4) is 0 Å². The lowest BCUT2D eigenvalue weighted by molar-refractivity contribution is 0.0669. The van der Waals surface area contributed by atoms with Gasteiger partial charge in [0.05, 0.1) is 17.2 Å². The second kappa shape index (κ2) is 7.24. The minimum atomic E-state index is -0.116. The van der Waals surface area contributed by atoms with Crippen LogP contribution < -0.4 is 5.73 Å². The van der Waals surface area contributed by atoms with Crippen molar-refractivity contribution in [2.24, 2.45) is 0 Å². The zero-order chi connectivity index (χ0) is 13.5. The smallest absolute Gasteiger partial charge is 0.255 e. The van der Waals surface area contributed by atoms with Crippen LogP contribution in [0.2, 0.25) is 5.02 Å². The van der Waals surface area contributed by atoms with Gasteiger partial charge in [-0.15, -0.1) is 0 Å². The molecule has 0 radical (unpaired) electrons. The summed E-state index contributed by atoms with van der Waals surface area (Å²) in [5, 5.41) is 0.420. The van der Waals surface area contributed by atoms with E-state index in [-0.39, 0.29) is 5.91 Å². The maximum Gasteiger partial charge on any atom is 0.255 e. The third-order valence-corrected chi connectivity index (χ3v) is 2.93. The molecule has 0 aliphatic rings. The van der Waals surface area contributed by atoms with Crippen molar-refractivity contribution in [3.63, 3.8) is 0 Å². The van der Waals surface area contributed by atoms with E-state index in [0.29, 0.717) is 42.6 Å². The van der Waals surface area contributed by atoms with E-state index in [0.717, 1.165) is 0 Å². The molecule has 1 rings (SSSR count). The molecule has 0 unspecified atom stereocenters. The fraction of sp³-hybridized carbons (Fsp3) is 0.462. The number of hydrogen-bond acceptors (Lipinski definition) is 3. The SMILES string of the molecule is CCOCCN(CC)C(=O)c1cc(N)ccc1Cl. The number of nitrogen functional groups attached to an aromatic ring is 1. The molecule has 2 N–H and O–H groups in total. The fourth-order valence-electron chi connectivity index (χ4n) is 1.60. The Morgan fingerprint density at radius 2 is 2.17 bits per heavy atom. The van der Waals surface area contributed by atoms with E-state index < -0.39 is 0 Å². The number of nitrogens with two attached hydrogens (primary N) is 1. The van der Waals surface area contributed by atoms with E-state index in [9.17, 15) is 4.79 Å². The van der Waals surface area contributed by atoms with Crippen molar-refractivity contribution in [2.45, 2.75) is 13.8 Å². The van der Waals surface area contributed by atoms with Crippen LogP contribution in [0.4, 0.5) is 5.69 Å². The van der Waals surface area contributed by atoms with Gasteiger partial charge in [0.15, 0.2) is 0 Å². The number of hydrogen-bond donors (Lipinski definition) is 1. The number of rotatable bonds is 6. The number of carbonyl (C=O) groups is 1. The molecular formula is C13H19ClN2O2. The summed E-state index contributed by atoms with van der Waals surface area (Å²) in [7, 11) is 0. The quantitative estimate of drug-likeness (QED) is 0.638. The van der Waals surface area contributed by atoms with Gasteiger partial charge in [0.1, 0.15) is 0 Å². The Labute approximate surface area is 113 Å². The van der Waals surface area contributed by atoms with Gasteiger partial charge < -0.3 is 15.4 Å². The minimum absolute atomic E-state index is 0.116. The molecule has 100 valence electrons. The van der Waals surface area contributed by atoms with Gasteiger partial charge in [-0.05, 0) is 32.0 Å². The summed E-state index contributed by atoms with van der Waals surface area (Å²) in [6.45, 7) is 6.17. The first kappa shape index (κ1) is 14.8. The van der Waals surface area contributed by atoms with E-state index in [1.54, 1.807) is 23.1 Å². The largest absolute Gasteiger partial charge is 0.399 e. The Morgan fingerprint density at radius 3 is 2.78 bits per heavy atom. The zero-order valence-electron chi connectivity index (χ0n) is 10.8. The lowest BCUT2D eigenvalue weighted by Gasteiger charge is -2.21. The molecule has 0 saturated carbocycles.